The average molecular weight is 498 g/mol. The third-order valence-corrected chi connectivity index (χ3v) is 7.51. The number of carbonyl (C=O) groups is 1. The highest BCUT2D eigenvalue weighted by Crippen LogP contribution is 2.39. The first kappa shape index (κ1) is 25.0. The monoisotopic (exact) mass is 497 g/mol. The Morgan fingerprint density at radius 2 is 1.62 bits per heavy atom. The summed E-state index contributed by atoms with van der Waals surface area (Å²) in [6, 6.07) is 26.3. The maximum atomic E-state index is 13.7. The van der Waals surface area contributed by atoms with Crippen LogP contribution in [0.25, 0.3) is 0 Å². The first-order chi connectivity index (χ1) is 18.1. The molecule has 1 amide bonds. The van der Waals surface area contributed by atoms with E-state index in [-0.39, 0.29) is 11.9 Å². The molecule has 0 bridgehead atoms. The number of amides is 1. The van der Waals surface area contributed by atoms with E-state index in [2.05, 4.69) is 35.2 Å². The highest BCUT2D eigenvalue weighted by molar-refractivity contribution is 6.03. The fourth-order valence-corrected chi connectivity index (χ4v) is 5.44. The second kappa shape index (κ2) is 11.6. The zero-order valence-electron chi connectivity index (χ0n) is 21.7. The molecule has 3 aromatic rings. The summed E-state index contributed by atoms with van der Waals surface area (Å²) in [5, 5.41) is 6.54. The van der Waals surface area contributed by atoms with Crippen molar-refractivity contribution >= 4 is 11.6 Å². The van der Waals surface area contributed by atoms with Crippen molar-refractivity contribution in [3.05, 3.63) is 95.6 Å². The lowest BCUT2D eigenvalue weighted by Crippen LogP contribution is -2.42. The first-order valence-electron chi connectivity index (χ1n) is 13.1. The lowest BCUT2D eigenvalue weighted by Gasteiger charge is -2.33. The van der Waals surface area contributed by atoms with Crippen LogP contribution in [0.3, 0.4) is 0 Å². The highest BCUT2D eigenvalue weighted by Gasteiger charge is 2.36. The summed E-state index contributed by atoms with van der Waals surface area (Å²) in [6.45, 7) is 2.24. The number of hydrogen-bond donors (Lipinski definition) is 0. The molecule has 2 aliphatic heterocycles. The van der Waals surface area contributed by atoms with Crippen molar-refractivity contribution in [2.45, 2.75) is 31.7 Å². The van der Waals surface area contributed by atoms with Crippen molar-refractivity contribution in [2.75, 3.05) is 33.9 Å². The van der Waals surface area contributed by atoms with E-state index in [1.807, 2.05) is 48.5 Å². The Bertz CT molecular complexity index is 1220. The second-order valence-corrected chi connectivity index (χ2v) is 9.89. The van der Waals surface area contributed by atoms with Gasteiger partial charge in [-0.1, -0.05) is 60.7 Å². The number of benzene rings is 3. The van der Waals surface area contributed by atoms with Gasteiger partial charge in [-0.2, -0.15) is 5.10 Å². The molecule has 37 heavy (non-hydrogen) atoms. The molecule has 2 aliphatic rings. The molecule has 6 heteroatoms. The molecule has 0 spiro atoms. The third kappa shape index (κ3) is 5.86. The predicted octanol–water partition coefficient (Wildman–Crippen LogP) is 5.34. The molecule has 1 fully saturated rings. The number of methoxy groups -OCH3 is 2. The number of nitrogens with zero attached hydrogens (tertiary/aromatic N) is 3. The zero-order valence-corrected chi connectivity index (χ0v) is 21.7. The van der Waals surface area contributed by atoms with Gasteiger partial charge in [-0.15, -0.1) is 0 Å². The molecule has 0 saturated carbocycles. The third-order valence-electron chi connectivity index (χ3n) is 7.51. The number of hydrogen-bond acceptors (Lipinski definition) is 5. The summed E-state index contributed by atoms with van der Waals surface area (Å²) < 4.78 is 11.1. The molecule has 2 heterocycles. The van der Waals surface area contributed by atoms with Gasteiger partial charge in [0, 0.05) is 18.1 Å². The molecule has 5 rings (SSSR count). The summed E-state index contributed by atoms with van der Waals surface area (Å²) in [5.74, 6) is 2.11. The highest BCUT2D eigenvalue weighted by atomic mass is 16.5. The van der Waals surface area contributed by atoms with Crippen molar-refractivity contribution in [3.63, 3.8) is 0 Å². The number of piperidine rings is 1. The van der Waals surface area contributed by atoms with E-state index in [0.29, 0.717) is 24.6 Å². The topological polar surface area (TPSA) is 54.4 Å². The van der Waals surface area contributed by atoms with Crippen molar-refractivity contribution in [2.24, 2.45) is 11.0 Å². The van der Waals surface area contributed by atoms with Gasteiger partial charge in [-0.3, -0.25) is 9.69 Å². The van der Waals surface area contributed by atoms with Crippen molar-refractivity contribution in [1.29, 1.82) is 0 Å². The molecule has 0 radical (unpaired) electrons. The summed E-state index contributed by atoms with van der Waals surface area (Å²) in [5.41, 5.74) is 4.29. The fourth-order valence-electron chi connectivity index (χ4n) is 5.44. The van der Waals surface area contributed by atoms with Crippen molar-refractivity contribution in [3.8, 4) is 11.5 Å². The van der Waals surface area contributed by atoms with Crippen LogP contribution in [-0.4, -0.2) is 55.4 Å². The van der Waals surface area contributed by atoms with Crippen LogP contribution in [0.4, 0.5) is 0 Å². The average Bonchev–Trinajstić information content (AvgIpc) is 3.40. The van der Waals surface area contributed by atoms with Crippen LogP contribution in [0.15, 0.2) is 84.0 Å². The van der Waals surface area contributed by atoms with Crippen LogP contribution < -0.4 is 9.47 Å². The maximum Gasteiger partial charge on any atom is 0.257 e. The minimum Gasteiger partial charge on any atom is -0.497 e. The van der Waals surface area contributed by atoms with Gasteiger partial charge in [0.15, 0.2) is 0 Å². The van der Waals surface area contributed by atoms with Crippen LogP contribution in [0.5, 0.6) is 11.5 Å². The van der Waals surface area contributed by atoms with Crippen LogP contribution >= 0.6 is 0 Å². The standard InChI is InChI=1S/C31H35N3O3/c1-36-26-13-14-27(30(20-26)37-2)29-21-28(25-11-7-4-8-12-25)32-34(29)31(35)22-33-17-15-24(16-18-33)19-23-9-5-3-6-10-23/h3-14,20,24,29H,15-19,21-22H2,1-2H3. The summed E-state index contributed by atoms with van der Waals surface area (Å²) in [6.07, 6.45) is 3.96. The predicted molar refractivity (Wildman–Crippen MR) is 146 cm³/mol. The molecule has 0 N–H and O–H groups in total. The fraction of sp³-hybridized carbons (Fsp3) is 0.355. The van der Waals surface area contributed by atoms with E-state index in [0.717, 1.165) is 54.9 Å². The Labute approximate surface area is 219 Å². The molecular formula is C31H35N3O3. The van der Waals surface area contributed by atoms with E-state index >= 15 is 0 Å². The number of carbonyl (C=O) groups excluding carboxylic acids is 1. The van der Waals surface area contributed by atoms with Crippen LogP contribution in [0, 0.1) is 5.92 Å². The van der Waals surface area contributed by atoms with Gasteiger partial charge in [0.2, 0.25) is 0 Å². The van der Waals surface area contributed by atoms with Crippen LogP contribution in [0.2, 0.25) is 0 Å². The minimum atomic E-state index is -0.223. The summed E-state index contributed by atoms with van der Waals surface area (Å²) in [7, 11) is 3.29. The van der Waals surface area contributed by atoms with Crippen LogP contribution in [-0.2, 0) is 11.2 Å². The SMILES string of the molecule is COc1ccc(C2CC(c3ccccc3)=NN2C(=O)CN2CCC(Cc3ccccc3)CC2)c(OC)c1. The molecule has 6 nitrogen and oxygen atoms in total. The minimum absolute atomic E-state index is 0.0234. The first-order valence-corrected chi connectivity index (χ1v) is 13.1. The van der Waals surface area contributed by atoms with Crippen molar-refractivity contribution in [1.82, 2.24) is 9.91 Å². The zero-order chi connectivity index (χ0) is 25.6. The van der Waals surface area contributed by atoms with Gasteiger partial charge in [-0.25, -0.2) is 5.01 Å². The number of likely N-dealkylation sites (tertiary alicyclic amines) is 1. The Morgan fingerprint density at radius 3 is 2.30 bits per heavy atom. The molecular weight excluding hydrogens is 462 g/mol. The Kier molecular flexibility index (Phi) is 7.85. The van der Waals surface area contributed by atoms with Gasteiger partial charge in [-0.05, 0) is 61.5 Å². The number of ether oxygens (including phenoxy) is 2. The second-order valence-electron chi connectivity index (χ2n) is 9.89. The molecule has 1 atom stereocenters. The molecule has 192 valence electrons. The van der Waals surface area contributed by atoms with E-state index in [1.165, 1.54) is 5.56 Å². The lowest BCUT2D eigenvalue weighted by atomic mass is 9.90. The van der Waals surface area contributed by atoms with Gasteiger partial charge < -0.3 is 9.47 Å². The molecule has 0 aromatic heterocycles. The number of rotatable bonds is 8. The van der Waals surface area contributed by atoms with Crippen LogP contribution in [0.1, 0.15) is 42.0 Å². The normalized spacial score (nSPS) is 18.5. The van der Waals surface area contributed by atoms with E-state index < -0.39 is 0 Å². The quantitative estimate of drug-likeness (QED) is 0.422. The van der Waals surface area contributed by atoms with E-state index in [9.17, 15) is 4.79 Å². The van der Waals surface area contributed by atoms with E-state index in [1.54, 1.807) is 19.2 Å². The summed E-state index contributed by atoms with van der Waals surface area (Å²) >= 11 is 0. The molecule has 1 unspecified atom stereocenters. The maximum absolute atomic E-state index is 13.7. The van der Waals surface area contributed by atoms with E-state index in [4.69, 9.17) is 14.6 Å². The molecule has 1 saturated heterocycles. The Balaban J connectivity index is 1.30. The summed E-state index contributed by atoms with van der Waals surface area (Å²) in [4.78, 5) is 16.0. The number of hydrazone groups is 1. The Morgan fingerprint density at radius 1 is 0.919 bits per heavy atom. The van der Waals surface area contributed by atoms with Gasteiger partial charge in [0.1, 0.15) is 11.5 Å². The Hall–Kier alpha value is -3.64. The largest absolute Gasteiger partial charge is 0.497 e. The van der Waals surface area contributed by atoms with Gasteiger partial charge in [0.25, 0.3) is 5.91 Å². The van der Waals surface area contributed by atoms with Gasteiger partial charge in [0.05, 0.1) is 32.5 Å². The van der Waals surface area contributed by atoms with Crippen molar-refractivity contribution < 1.29 is 14.3 Å². The molecule has 3 aromatic carbocycles. The lowest BCUT2D eigenvalue weighted by molar-refractivity contribution is -0.134. The smallest absolute Gasteiger partial charge is 0.257 e. The molecule has 0 aliphatic carbocycles. The van der Waals surface area contributed by atoms with Gasteiger partial charge >= 0.3 is 0 Å².